The molecule has 0 aromatic heterocycles. The Hall–Kier alpha value is -0.990. The molecule has 0 aliphatic carbocycles. The highest BCUT2D eigenvalue weighted by molar-refractivity contribution is 5.90. The number of hydrogen-bond acceptors (Lipinski definition) is 3. The van der Waals surface area contributed by atoms with Gasteiger partial charge in [-0.25, -0.2) is 4.79 Å². The zero-order valence-electron chi connectivity index (χ0n) is 14.6. The molecular weight excluding hydrogens is 276 g/mol. The number of unbranched alkanes of at least 4 members (excludes halogenated alkanes) is 12. The second-order valence-electron chi connectivity index (χ2n) is 6.34. The van der Waals surface area contributed by atoms with E-state index in [-0.39, 0.29) is 5.97 Å². The van der Waals surface area contributed by atoms with Crippen LogP contribution in [-0.4, -0.2) is 13.1 Å². The molecule has 1 heterocycles. The van der Waals surface area contributed by atoms with Crippen LogP contribution in [0.2, 0.25) is 0 Å². The summed E-state index contributed by atoms with van der Waals surface area (Å²) < 4.78 is 9.74. The van der Waals surface area contributed by atoms with Crippen LogP contribution in [0.5, 0.6) is 0 Å². The zero-order valence-corrected chi connectivity index (χ0v) is 14.6. The SMILES string of the molecule is CCCCCCCCCCCCCCCC1=C(C(=O)OC)O1. The predicted octanol–water partition coefficient (Wildman–Crippen LogP) is 5.88. The third-order valence-electron chi connectivity index (χ3n) is 4.32. The van der Waals surface area contributed by atoms with Crippen molar-refractivity contribution in [2.45, 2.75) is 96.8 Å². The molecule has 0 spiro atoms. The molecule has 3 heteroatoms. The number of hydrogen-bond donors (Lipinski definition) is 0. The van der Waals surface area contributed by atoms with Gasteiger partial charge >= 0.3 is 5.97 Å². The maximum Gasteiger partial charge on any atom is 0.377 e. The molecule has 0 aromatic rings. The molecule has 22 heavy (non-hydrogen) atoms. The number of allylic oxidation sites excluding steroid dienone is 1. The van der Waals surface area contributed by atoms with Gasteiger partial charge < -0.3 is 9.47 Å². The largest absolute Gasteiger partial charge is 0.463 e. The number of ether oxygens (including phenoxy) is 2. The predicted molar refractivity (Wildman–Crippen MR) is 90.4 cm³/mol. The summed E-state index contributed by atoms with van der Waals surface area (Å²) in [6, 6.07) is 0. The van der Waals surface area contributed by atoms with Crippen LogP contribution in [0.4, 0.5) is 0 Å². The molecule has 0 aromatic carbocycles. The normalized spacial score (nSPS) is 13.2. The quantitative estimate of drug-likeness (QED) is 0.280. The Balaban J connectivity index is 1.76. The van der Waals surface area contributed by atoms with Gasteiger partial charge in [-0.1, -0.05) is 84.0 Å². The summed E-state index contributed by atoms with van der Waals surface area (Å²) in [5, 5.41) is 0. The number of methoxy groups -OCH3 is 1. The van der Waals surface area contributed by atoms with E-state index in [1.807, 2.05) is 0 Å². The highest BCUT2D eigenvalue weighted by atomic mass is 16.6. The van der Waals surface area contributed by atoms with Gasteiger partial charge in [-0.2, -0.15) is 0 Å². The Labute approximate surface area is 136 Å². The Kier molecular flexibility index (Phi) is 10.9. The van der Waals surface area contributed by atoms with Crippen LogP contribution in [0.25, 0.3) is 0 Å². The molecule has 1 aliphatic heterocycles. The summed E-state index contributed by atoms with van der Waals surface area (Å²) >= 11 is 0. The monoisotopic (exact) mass is 310 g/mol. The zero-order chi connectivity index (χ0) is 16.0. The average molecular weight is 310 g/mol. The third-order valence-corrected chi connectivity index (χ3v) is 4.32. The van der Waals surface area contributed by atoms with Crippen molar-refractivity contribution in [3.05, 3.63) is 11.5 Å². The molecule has 3 nitrogen and oxygen atoms in total. The highest BCUT2D eigenvalue weighted by Gasteiger charge is 2.32. The fraction of sp³-hybridized carbons (Fsp3) is 0.842. The van der Waals surface area contributed by atoms with E-state index in [0.29, 0.717) is 5.76 Å². The number of carbonyl (C=O) groups is 1. The van der Waals surface area contributed by atoms with E-state index in [0.717, 1.165) is 18.6 Å². The first-order valence-electron chi connectivity index (χ1n) is 9.29. The standard InChI is InChI=1S/C19H34O3/c1-3-4-5-6-7-8-9-10-11-12-13-14-15-16-17-18(22-17)19(20)21-2/h3-16H2,1-2H3. The molecule has 0 unspecified atom stereocenters. The molecule has 0 N–H and O–H groups in total. The molecule has 0 atom stereocenters. The Morgan fingerprint density at radius 3 is 1.73 bits per heavy atom. The second kappa shape index (κ2) is 12.5. The van der Waals surface area contributed by atoms with Gasteiger partial charge in [0.2, 0.25) is 5.76 Å². The van der Waals surface area contributed by atoms with Gasteiger partial charge in [0.1, 0.15) is 0 Å². The molecular formula is C19H34O3. The fourth-order valence-corrected chi connectivity index (χ4v) is 2.81. The summed E-state index contributed by atoms with van der Waals surface area (Å²) in [5.74, 6) is 0.959. The maximum atomic E-state index is 11.1. The van der Waals surface area contributed by atoms with E-state index in [9.17, 15) is 4.79 Å². The summed E-state index contributed by atoms with van der Waals surface area (Å²) in [4.78, 5) is 11.1. The first-order valence-corrected chi connectivity index (χ1v) is 9.29. The first-order chi connectivity index (χ1) is 10.8. The van der Waals surface area contributed by atoms with Crippen LogP contribution < -0.4 is 0 Å². The lowest BCUT2D eigenvalue weighted by atomic mass is 10.0. The Morgan fingerprint density at radius 2 is 1.27 bits per heavy atom. The fourth-order valence-electron chi connectivity index (χ4n) is 2.81. The van der Waals surface area contributed by atoms with Crippen molar-refractivity contribution in [2.75, 3.05) is 7.11 Å². The maximum absolute atomic E-state index is 11.1. The van der Waals surface area contributed by atoms with E-state index >= 15 is 0 Å². The van der Waals surface area contributed by atoms with E-state index in [2.05, 4.69) is 11.7 Å². The van der Waals surface area contributed by atoms with Crippen molar-refractivity contribution >= 4 is 5.97 Å². The van der Waals surface area contributed by atoms with Gasteiger partial charge in [0.25, 0.3) is 0 Å². The number of carbonyl (C=O) groups excluding carboxylic acids is 1. The summed E-state index contributed by atoms with van der Waals surface area (Å²) in [5.41, 5.74) is 0. The molecule has 0 saturated carbocycles. The van der Waals surface area contributed by atoms with Gasteiger partial charge in [0, 0.05) is 6.42 Å². The van der Waals surface area contributed by atoms with Gasteiger partial charge in [0.15, 0.2) is 5.76 Å². The van der Waals surface area contributed by atoms with Crippen molar-refractivity contribution in [1.82, 2.24) is 0 Å². The van der Waals surface area contributed by atoms with E-state index in [4.69, 9.17) is 4.74 Å². The van der Waals surface area contributed by atoms with E-state index in [1.165, 1.54) is 84.2 Å². The molecule has 1 aliphatic rings. The number of esters is 1. The molecule has 0 saturated heterocycles. The van der Waals surface area contributed by atoms with Crippen molar-refractivity contribution < 1.29 is 14.3 Å². The van der Waals surface area contributed by atoms with Crippen molar-refractivity contribution in [3.8, 4) is 0 Å². The topological polar surface area (TPSA) is 38.8 Å². The lowest BCUT2D eigenvalue weighted by Gasteiger charge is -2.02. The lowest BCUT2D eigenvalue weighted by Crippen LogP contribution is -1.96. The summed E-state index contributed by atoms with van der Waals surface area (Å²) in [6.07, 6.45) is 18.5. The second-order valence-corrected chi connectivity index (χ2v) is 6.34. The van der Waals surface area contributed by atoms with Crippen LogP contribution in [0.1, 0.15) is 96.8 Å². The van der Waals surface area contributed by atoms with Crippen LogP contribution in [0, 0.1) is 0 Å². The molecule has 0 bridgehead atoms. The van der Waals surface area contributed by atoms with Gasteiger partial charge in [-0.3, -0.25) is 0 Å². The minimum Gasteiger partial charge on any atom is -0.463 e. The minimum absolute atomic E-state index is 0.329. The molecule has 0 amide bonds. The Morgan fingerprint density at radius 1 is 0.818 bits per heavy atom. The highest BCUT2D eigenvalue weighted by Crippen LogP contribution is 2.31. The summed E-state index contributed by atoms with van der Waals surface area (Å²) in [6.45, 7) is 2.27. The third kappa shape index (κ3) is 9.11. The van der Waals surface area contributed by atoms with Gasteiger partial charge in [-0.15, -0.1) is 0 Å². The van der Waals surface area contributed by atoms with E-state index in [1.54, 1.807) is 0 Å². The van der Waals surface area contributed by atoms with Crippen molar-refractivity contribution in [3.63, 3.8) is 0 Å². The average Bonchev–Trinajstić information content (AvgIpc) is 3.30. The lowest BCUT2D eigenvalue weighted by molar-refractivity contribution is -0.137. The van der Waals surface area contributed by atoms with Crippen LogP contribution in [0.3, 0.4) is 0 Å². The Bertz CT molecular complexity index is 334. The molecule has 0 radical (unpaired) electrons. The van der Waals surface area contributed by atoms with Crippen LogP contribution >= 0.6 is 0 Å². The molecule has 128 valence electrons. The molecule has 0 fully saturated rings. The van der Waals surface area contributed by atoms with Crippen molar-refractivity contribution in [2.24, 2.45) is 0 Å². The smallest absolute Gasteiger partial charge is 0.377 e. The van der Waals surface area contributed by atoms with Gasteiger partial charge in [-0.05, 0) is 6.42 Å². The van der Waals surface area contributed by atoms with Crippen LogP contribution in [0.15, 0.2) is 11.5 Å². The first kappa shape index (κ1) is 19.1. The molecule has 1 rings (SSSR count). The van der Waals surface area contributed by atoms with Crippen molar-refractivity contribution in [1.29, 1.82) is 0 Å². The minimum atomic E-state index is -0.329. The number of rotatable bonds is 15. The van der Waals surface area contributed by atoms with Gasteiger partial charge in [0.05, 0.1) is 7.11 Å². The summed E-state index contributed by atoms with van der Waals surface area (Å²) in [7, 11) is 1.39. The van der Waals surface area contributed by atoms with Crippen LogP contribution in [-0.2, 0) is 14.3 Å². The van der Waals surface area contributed by atoms with E-state index < -0.39 is 0 Å².